The molecule has 45 heavy (non-hydrogen) atoms. The Morgan fingerprint density at radius 3 is 2.49 bits per heavy atom. The number of aliphatic hydroxyl groups excluding tert-OH is 1. The highest BCUT2D eigenvalue weighted by atomic mass is 79.9. The van der Waals surface area contributed by atoms with Gasteiger partial charge in [0.2, 0.25) is 5.90 Å². The largest absolute Gasteiger partial charge is 0.494 e. The molecule has 0 fully saturated rings. The Kier molecular flexibility index (Phi) is 10.9. The molecule has 2 atom stereocenters. The average Bonchev–Trinajstić information content (AvgIpc) is 3.45. The van der Waals surface area contributed by atoms with Gasteiger partial charge in [-0.1, -0.05) is 93.8 Å². The van der Waals surface area contributed by atoms with Crippen LogP contribution in [0.2, 0.25) is 0 Å². The number of aliphatic hydroxyl groups is 1. The molecule has 1 amide bonds. The molecule has 10 heteroatoms. The fraction of sp³-hybridized carbons (Fsp3) is 0.257. The summed E-state index contributed by atoms with van der Waals surface area (Å²) in [6.45, 7) is 0.898. The summed E-state index contributed by atoms with van der Waals surface area (Å²) in [5.74, 6) is 0.684. The third-order valence-corrected chi connectivity index (χ3v) is 8.31. The third-order valence-electron chi connectivity index (χ3n) is 7.59. The van der Waals surface area contributed by atoms with Crippen molar-refractivity contribution in [2.24, 2.45) is 10.1 Å². The van der Waals surface area contributed by atoms with E-state index in [1.54, 1.807) is 12.1 Å². The van der Waals surface area contributed by atoms with E-state index < -0.39 is 11.6 Å². The summed E-state index contributed by atoms with van der Waals surface area (Å²) in [7, 11) is 0. The fourth-order valence-corrected chi connectivity index (χ4v) is 5.83. The fourth-order valence-electron chi connectivity index (χ4n) is 5.34. The highest BCUT2D eigenvalue weighted by Crippen LogP contribution is 2.45. The molecule has 0 aliphatic carbocycles. The van der Waals surface area contributed by atoms with Gasteiger partial charge in [0.25, 0.3) is 5.91 Å². The van der Waals surface area contributed by atoms with Crippen molar-refractivity contribution in [2.45, 2.75) is 37.3 Å². The predicted octanol–water partition coefficient (Wildman–Crippen LogP) is 7.40. The summed E-state index contributed by atoms with van der Waals surface area (Å²) in [5.41, 5.74) is 11.6. The van der Waals surface area contributed by atoms with Crippen LogP contribution >= 0.6 is 15.9 Å². The number of ether oxygens (including phenoxy) is 2. The molecule has 0 saturated heterocycles. The van der Waals surface area contributed by atoms with Crippen molar-refractivity contribution in [3.05, 3.63) is 140 Å². The smallest absolute Gasteiger partial charge is 0.252 e. The molecule has 4 aromatic rings. The maximum atomic E-state index is 14.5. The number of aryl methyl sites for hydroxylation is 1. The van der Waals surface area contributed by atoms with Gasteiger partial charge in [-0.05, 0) is 59.8 Å². The van der Waals surface area contributed by atoms with Crippen LogP contribution in [-0.4, -0.2) is 42.2 Å². The number of nitrogens with zero attached hydrogens (tertiary/aromatic N) is 4. The molecule has 5 rings (SSSR count). The minimum absolute atomic E-state index is 0.0539. The summed E-state index contributed by atoms with van der Waals surface area (Å²) >= 11 is 3.67. The Labute approximate surface area is 270 Å². The maximum Gasteiger partial charge on any atom is 0.252 e. The zero-order valence-corrected chi connectivity index (χ0v) is 26.3. The van der Waals surface area contributed by atoms with E-state index in [-0.39, 0.29) is 18.9 Å². The van der Waals surface area contributed by atoms with Crippen molar-refractivity contribution >= 4 is 33.4 Å². The van der Waals surface area contributed by atoms with Gasteiger partial charge < -0.3 is 19.9 Å². The Balaban J connectivity index is 1.53. The van der Waals surface area contributed by atoms with Crippen LogP contribution < -0.4 is 10.1 Å². The number of azide groups is 1. The minimum Gasteiger partial charge on any atom is -0.494 e. The van der Waals surface area contributed by atoms with Crippen LogP contribution in [0.4, 0.5) is 5.69 Å². The minimum atomic E-state index is -1.43. The highest BCUT2D eigenvalue weighted by Gasteiger charge is 2.54. The second-order valence-corrected chi connectivity index (χ2v) is 11.5. The summed E-state index contributed by atoms with van der Waals surface area (Å²) in [5, 5.41) is 16.1. The van der Waals surface area contributed by atoms with Crippen LogP contribution in [0.15, 0.2) is 118 Å². The first-order chi connectivity index (χ1) is 22.0. The van der Waals surface area contributed by atoms with Gasteiger partial charge in [-0.3, -0.25) is 4.79 Å². The van der Waals surface area contributed by atoms with E-state index in [9.17, 15) is 10.3 Å². The number of benzene rings is 4. The van der Waals surface area contributed by atoms with Gasteiger partial charge in [0, 0.05) is 52.2 Å². The molecule has 4 aromatic carbocycles. The van der Waals surface area contributed by atoms with E-state index in [0.29, 0.717) is 48.0 Å². The van der Waals surface area contributed by atoms with Crippen molar-refractivity contribution in [3.63, 3.8) is 0 Å². The van der Waals surface area contributed by atoms with E-state index in [0.717, 1.165) is 22.9 Å². The lowest BCUT2D eigenvalue weighted by atomic mass is 9.81. The molecular formula is C35H34BrN5O4. The zero-order valence-electron chi connectivity index (χ0n) is 24.7. The SMILES string of the molecule is [N-]=[N+]=Nc1ccccc1C[C@@]1(C(=O)NCCCc2ccccc2)N=C(c2ccc(OCCCO)cc2)O[C@@H]1c1ccccc1Br. The van der Waals surface area contributed by atoms with Crippen LogP contribution in [0.5, 0.6) is 5.75 Å². The van der Waals surface area contributed by atoms with Gasteiger partial charge in [-0.25, -0.2) is 4.99 Å². The summed E-state index contributed by atoms with van der Waals surface area (Å²) < 4.78 is 13.1. The molecule has 0 saturated carbocycles. The number of nitrogens with one attached hydrogen (secondary N) is 1. The second kappa shape index (κ2) is 15.4. The Bertz CT molecular complexity index is 1680. The summed E-state index contributed by atoms with van der Waals surface area (Å²) in [6.07, 6.45) is 1.43. The molecule has 0 radical (unpaired) electrons. The van der Waals surface area contributed by atoms with Crippen LogP contribution in [0.3, 0.4) is 0 Å². The molecule has 1 heterocycles. The van der Waals surface area contributed by atoms with Gasteiger partial charge in [0.15, 0.2) is 11.6 Å². The number of halogens is 1. The molecule has 1 aliphatic rings. The standard InChI is InChI=1S/C35H34BrN5O4/c36-30-15-6-5-14-29(30)32-35(24-27-13-4-7-16-31(27)40-41-37,34(43)38-21-8-12-25-10-2-1-3-11-25)39-33(45-32)26-17-19-28(20-18-26)44-23-9-22-42/h1-7,10-11,13-20,32,42H,8-9,12,21-24H2,(H,38,43)/t32-,35-/m1/s1. The second-order valence-electron chi connectivity index (χ2n) is 10.7. The van der Waals surface area contributed by atoms with Crippen molar-refractivity contribution in [1.29, 1.82) is 0 Å². The molecule has 0 spiro atoms. The molecular weight excluding hydrogens is 634 g/mol. The molecule has 2 N–H and O–H groups in total. The van der Waals surface area contributed by atoms with Crippen LogP contribution in [0.1, 0.15) is 41.2 Å². The lowest BCUT2D eigenvalue weighted by Gasteiger charge is -2.31. The molecule has 0 unspecified atom stereocenters. The van der Waals surface area contributed by atoms with Crippen molar-refractivity contribution < 1.29 is 19.4 Å². The van der Waals surface area contributed by atoms with Crippen molar-refractivity contribution in [3.8, 4) is 5.75 Å². The van der Waals surface area contributed by atoms with Crippen molar-refractivity contribution in [2.75, 3.05) is 19.8 Å². The molecule has 1 aliphatic heterocycles. The normalized spacial score (nSPS) is 17.1. The molecule has 230 valence electrons. The summed E-state index contributed by atoms with van der Waals surface area (Å²) in [4.78, 5) is 22.6. The topological polar surface area (TPSA) is 129 Å². The number of carbonyl (C=O) groups is 1. The van der Waals surface area contributed by atoms with Gasteiger partial charge in [0.1, 0.15) is 5.75 Å². The monoisotopic (exact) mass is 667 g/mol. The lowest BCUT2D eigenvalue weighted by Crippen LogP contribution is -2.50. The first-order valence-electron chi connectivity index (χ1n) is 14.8. The average molecular weight is 669 g/mol. The number of hydrogen-bond acceptors (Lipinski definition) is 6. The van der Waals surface area contributed by atoms with Gasteiger partial charge >= 0.3 is 0 Å². The molecule has 9 nitrogen and oxygen atoms in total. The van der Waals surface area contributed by atoms with Crippen LogP contribution in [-0.2, 0) is 22.4 Å². The maximum absolute atomic E-state index is 14.5. The van der Waals surface area contributed by atoms with E-state index in [2.05, 4.69) is 43.4 Å². The summed E-state index contributed by atoms with van der Waals surface area (Å²) in [6, 6.07) is 32.3. The van der Waals surface area contributed by atoms with Gasteiger partial charge in [0.05, 0.1) is 6.61 Å². The number of amides is 1. The van der Waals surface area contributed by atoms with Crippen LogP contribution in [0, 0.1) is 0 Å². The number of carbonyl (C=O) groups excluding carboxylic acids is 1. The Hall–Kier alpha value is -4.63. The number of rotatable bonds is 14. The lowest BCUT2D eigenvalue weighted by molar-refractivity contribution is -0.128. The first-order valence-corrected chi connectivity index (χ1v) is 15.6. The highest BCUT2D eigenvalue weighted by molar-refractivity contribution is 9.10. The molecule has 0 aromatic heterocycles. The van der Waals surface area contributed by atoms with Crippen LogP contribution in [0.25, 0.3) is 10.4 Å². The molecule has 0 bridgehead atoms. The first kappa shape index (κ1) is 31.8. The number of hydrogen-bond donors (Lipinski definition) is 2. The predicted molar refractivity (Wildman–Crippen MR) is 178 cm³/mol. The van der Waals surface area contributed by atoms with Gasteiger partial charge in [-0.2, -0.15) is 0 Å². The zero-order chi connectivity index (χ0) is 31.5. The van der Waals surface area contributed by atoms with E-state index in [4.69, 9.17) is 19.6 Å². The quantitative estimate of drug-likeness (QED) is 0.0628. The van der Waals surface area contributed by atoms with Crippen molar-refractivity contribution in [1.82, 2.24) is 5.32 Å². The van der Waals surface area contributed by atoms with E-state index in [1.807, 2.05) is 78.9 Å². The van der Waals surface area contributed by atoms with E-state index >= 15 is 0 Å². The Morgan fingerprint density at radius 2 is 1.73 bits per heavy atom. The Morgan fingerprint density at radius 1 is 1.00 bits per heavy atom. The third kappa shape index (κ3) is 7.72. The van der Waals surface area contributed by atoms with E-state index in [1.165, 1.54) is 5.56 Å². The number of aliphatic imine (C=N–C) groups is 1. The van der Waals surface area contributed by atoms with Gasteiger partial charge in [-0.15, -0.1) is 0 Å².